The first-order valence-electron chi connectivity index (χ1n) is 4.81. The van der Waals surface area contributed by atoms with Crippen molar-refractivity contribution in [3.05, 3.63) is 23.8 Å². The van der Waals surface area contributed by atoms with Gasteiger partial charge in [-0.3, -0.25) is 0 Å². The van der Waals surface area contributed by atoms with E-state index in [1.807, 2.05) is 6.07 Å². The Kier molecular flexibility index (Phi) is 4.58. The summed E-state index contributed by atoms with van der Waals surface area (Å²) in [6.45, 7) is -0.419. The predicted molar refractivity (Wildman–Crippen MR) is 59.3 cm³/mol. The van der Waals surface area contributed by atoms with Crippen molar-refractivity contribution < 1.29 is 14.9 Å². The van der Waals surface area contributed by atoms with E-state index >= 15 is 0 Å². The lowest BCUT2D eigenvalue weighted by atomic mass is 10.1. The SMILES string of the molecule is COc1ccc(C#N)c(NC(CO)CO)c1. The second-order valence-electron chi connectivity index (χ2n) is 3.23. The van der Waals surface area contributed by atoms with Crippen molar-refractivity contribution in [3.8, 4) is 11.8 Å². The molecule has 0 heterocycles. The van der Waals surface area contributed by atoms with E-state index < -0.39 is 6.04 Å². The van der Waals surface area contributed by atoms with E-state index in [1.165, 1.54) is 7.11 Å². The van der Waals surface area contributed by atoms with Gasteiger partial charge in [-0.15, -0.1) is 0 Å². The van der Waals surface area contributed by atoms with E-state index in [-0.39, 0.29) is 13.2 Å². The smallest absolute Gasteiger partial charge is 0.121 e. The van der Waals surface area contributed by atoms with Crippen LogP contribution in [0.5, 0.6) is 5.75 Å². The largest absolute Gasteiger partial charge is 0.497 e. The van der Waals surface area contributed by atoms with Crippen LogP contribution in [0.4, 0.5) is 5.69 Å². The van der Waals surface area contributed by atoms with Crippen LogP contribution >= 0.6 is 0 Å². The molecule has 0 aromatic heterocycles. The van der Waals surface area contributed by atoms with Crippen molar-refractivity contribution in [2.75, 3.05) is 25.6 Å². The van der Waals surface area contributed by atoms with Crippen molar-refractivity contribution in [2.45, 2.75) is 6.04 Å². The number of anilines is 1. The van der Waals surface area contributed by atoms with Gasteiger partial charge in [0.1, 0.15) is 11.8 Å². The summed E-state index contributed by atoms with van der Waals surface area (Å²) in [7, 11) is 1.53. The zero-order valence-electron chi connectivity index (χ0n) is 8.97. The average Bonchev–Trinajstić information content (AvgIpc) is 2.35. The molecule has 5 nitrogen and oxygen atoms in total. The molecule has 0 saturated carbocycles. The second-order valence-corrected chi connectivity index (χ2v) is 3.23. The summed E-state index contributed by atoms with van der Waals surface area (Å²) in [6.07, 6.45) is 0. The van der Waals surface area contributed by atoms with Gasteiger partial charge in [-0.1, -0.05) is 0 Å². The van der Waals surface area contributed by atoms with Crippen LogP contribution in [0.1, 0.15) is 5.56 Å². The van der Waals surface area contributed by atoms with Crippen molar-refractivity contribution in [1.29, 1.82) is 5.26 Å². The van der Waals surface area contributed by atoms with E-state index in [0.717, 1.165) is 0 Å². The summed E-state index contributed by atoms with van der Waals surface area (Å²) in [4.78, 5) is 0. The number of methoxy groups -OCH3 is 1. The molecular formula is C11H14N2O3. The van der Waals surface area contributed by atoms with Crippen molar-refractivity contribution in [2.24, 2.45) is 0 Å². The summed E-state index contributed by atoms with van der Waals surface area (Å²) in [5.41, 5.74) is 0.975. The first kappa shape index (κ1) is 12.3. The summed E-state index contributed by atoms with van der Waals surface area (Å²) < 4.78 is 5.03. The zero-order chi connectivity index (χ0) is 12.0. The lowest BCUT2D eigenvalue weighted by Gasteiger charge is -2.16. The van der Waals surface area contributed by atoms with E-state index in [2.05, 4.69) is 5.32 Å². The number of aliphatic hydroxyl groups excluding tert-OH is 2. The van der Waals surface area contributed by atoms with Gasteiger partial charge >= 0.3 is 0 Å². The number of nitriles is 1. The fourth-order valence-electron chi connectivity index (χ4n) is 1.24. The molecule has 0 atom stereocenters. The van der Waals surface area contributed by atoms with Crippen LogP contribution in [0.3, 0.4) is 0 Å². The summed E-state index contributed by atoms with van der Waals surface area (Å²) >= 11 is 0. The number of aliphatic hydroxyl groups is 2. The highest BCUT2D eigenvalue weighted by Crippen LogP contribution is 2.22. The lowest BCUT2D eigenvalue weighted by Crippen LogP contribution is -2.28. The highest BCUT2D eigenvalue weighted by atomic mass is 16.5. The third kappa shape index (κ3) is 2.86. The number of ether oxygens (including phenoxy) is 1. The Labute approximate surface area is 93.9 Å². The second kappa shape index (κ2) is 5.95. The molecule has 0 saturated heterocycles. The average molecular weight is 222 g/mol. The Bertz CT molecular complexity index is 383. The Morgan fingerprint density at radius 1 is 1.44 bits per heavy atom. The van der Waals surface area contributed by atoms with E-state index in [9.17, 15) is 0 Å². The van der Waals surface area contributed by atoms with Gasteiger partial charge in [0.25, 0.3) is 0 Å². The molecule has 3 N–H and O–H groups in total. The monoisotopic (exact) mass is 222 g/mol. The van der Waals surface area contributed by atoms with Gasteiger partial charge in [0.2, 0.25) is 0 Å². The normalized spacial score (nSPS) is 9.94. The molecule has 0 spiro atoms. The summed E-state index contributed by atoms with van der Waals surface area (Å²) in [5, 5.41) is 29.6. The lowest BCUT2D eigenvalue weighted by molar-refractivity contribution is 0.204. The molecule has 86 valence electrons. The molecule has 0 radical (unpaired) electrons. The molecule has 0 bridgehead atoms. The highest BCUT2D eigenvalue weighted by molar-refractivity contribution is 5.60. The number of rotatable bonds is 5. The Morgan fingerprint density at radius 3 is 2.62 bits per heavy atom. The minimum atomic E-state index is -0.487. The number of hydrogen-bond donors (Lipinski definition) is 3. The first-order chi connectivity index (χ1) is 7.74. The Hall–Kier alpha value is -1.77. The highest BCUT2D eigenvalue weighted by Gasteiger charge is 2.09. The van der Waals surface area contributed by atoms with Crippen molar-refractivity contribution >= 4 is 5.69 Å². The van der Waals surface area contributed by atoms with Crippen LogP contribution in [-0.4, -0.2) is 36.6 Å². The van der Waals surface area contributed by atoms with Gasteiger partial charge in [-0.2, -0.15) is 5.26 Å². The standard InChI is InChI=1S/C11H14N2O3/c1-16-10-3-2-8(5-12)11(4-10)13-9(6-14)7-15/h2-4,9,13-15H,6-7H2,1H3. The zero-order valence-corrected chi connectivity index (χ0v) is 8.97. The number of nitrogens with zero attached hydrogens (tertiary/aromatic N) is 1. The van der Waals surface area contributed by atoms with Crippen LogP contribution in [0.25, 0.3) is 0 Å². The molecule has 5 heteroatoms. The molecule has 1 aromatic rings. The molecule has 0 amide bonds. The van der Waals surface area contributed by atoms with Gasteiger partial charge in [0, 0.05) is 6.07 Å². The Balaban J connectivity index is 2.96. The maximum atomic E-state index is 8.94. The maximum Gasteiger partial charge on any atom is 0.121 e. The molecule has 16 heavy (non-hydrogen) atoms. The fourth-order valence-corrected chi connectivity index (χ4v) is 1.24. The fraction of sp³-hybridized carbons (Fsp3) is 0.364. The number of benzene rings is 1. The molecule has 0 aliphatic carbocycles. The van der Waals surface area contributed by atoms with Gasteiger partial charge in [0.05, 0.1) is 37.6 Å². The molecule has 1 aromatic carbocycles. The van der Waals surface area contributed by atoms with Crippen LogP contribution in [-0.2, 0) is 0 Å². The molecular weight excluding hydrogens is 208 g/mol. The molecule has 0 aliphatic heterocycles. The first-order valence-corrected chi connectivity index (χ1v) is 4.81. The predicted octanol–water partition coefficient (Wildman–Crippen LogP) is 0.332. The summed E-state index contributed by atoms with van der Waals surface area (Å²) in [6, 6.07) is 6.48. The van der Waals surface area contributed by atoms with Crippen LogP contribution < -0.4 is 10.1 Å². The number of nitrogens with one attached hydrogen (secondary N) is 1. The van der Waals surface area contributed by atoms with Gasteiger partial charge in [-0.05, 0) is 12.1 Å². The quantitative estimate of drug-likeness (QED) is 0.668. The minimum absolute atomic E-state index is 0.210. The maximum absolute atomic E-state index is 8.94. The topological polar surface area (TPSA) is 85.5 Å². The third-order valence-corrected chi connectivity index (χ3v) is 2.15. The van der Waals surface area contributed by atoms with Crippen LogP contribution in [0.2, 0.25) is 0 Å². The van der Waals surface area contributed by atoms with Crippen molar-refractivity contribution in [1.82, 2.24) is 0 Å². The molecule has 0 fully saturated rings. The Morgan fingerprint density at radius 2 is 2.12 bits per heavy atom. The number of hydrogen-bond acceptors (Lipinski definition) is 5. The van der Waals surface area contributed by atoms with Gasteiger partial charge in [0.15, 0.2) is 0 Å². The summed E-state index contributed by atoms with van der Waals surface area (Å²) in [5.74, 6) is 0.608. The molecule has 1 rings (SSSR count). The van der Waals surface area contributed by atoms with Gasteiger partial charge in [-0.25, -0.2) is 0 Å². The van der Waals surface area contributed by atoms with E-state index in [0.29, 0.717) is 17.0 Å². The van der Waals surface area contributed by atoms with Crippen LogP contribution in [0, 0.1) is 11.3 Å². The third-order valence-electron chi connectivity index (χ3n) is 2.15. The van der Waals surface area contributed by atoms with Crippen LogP contribution in [0.15, 0.2) is 18.2 Å². The van der Waals surface area contributed by atoms with Crippen molar-refractivity contribution in [3.63, 3.8) is 0 Å². The molecule has 0 unspecified atom stereocenters. The molecule has 0 aliphatic rings. The minimum Gasteiger partial charge on any atom is -0.497 e. The van der Waals surface area contributed by atoms with Gasteiger partial charge < -0.3 is 20.3 Å². The van der Waals surface area contributed by atoms with E-state index in [1.54, 1.807) is 18.2 Å². The van der Waals surface area contributed by atoms with E-state index in [4.69, 9.17) is 20.2 Å².